The Labute approximate surface area is 168 Å². The average molecular weight is 400 g/mol. The van der Waals surface area contributed by atoms with Crippen molar-refractivity contribution in [2.75, 3.05) is 6.61 Å². The van der Waals surface area contributed by atoms with Gasteiger partial charge in [0.05, 0.1) is 30.6 Å². The molecule has 7 nitrogen and oxygen atoms in total. The molecule has 0 N–H and O–H groups in total. The van der Waals surface area contributed by atoms with Gasteiger partial charge in [-0.25, -0.2) is 4.79 Å². The third-order valence-corrected chi connectivity index (χ3v) is 7.07. The molecule has 2 saturated carbocycles. The van der Waals surface area contributed by atoms with Gasteiger partial charge in [0.2, 0.25) is 6.29 Å². The van der Waals surface area contributed by atoms with Crippen molar-refractivity contribution in [2.24, 2.45) is 29.1 Å². The minimum Gasteiger partial charge on any atom is -0.462 e. The van der Waals surface area contributed by atoms with Crippen LogP contribution in [0.5, 0.6) is 0 Å². The predicted octanol–water partition coefficient (Wildman–Crippen LogP) is 2.34. The highest BCUT2D eigenvalue weighted by Gasteiger charge is 2.72. The molecule has 29 heavy (non-hydrogen) atoms. The van der Waals surface area contributed by atoms with Crippen molar-refractivity contribution < 1.29 is 33.3 Å². The molecule has 2 heterocycles. The van der Waals surface area contributed by atoms with Gasteiger partial charge in [-0.2, -0.15) is 0 Å². The summed E-state index contributed by atoms with van der Waals surface area (Å²) >= 11 is 0. The van der Waals surface area contributed by atoms with Gasteiger partial charge < -0.3 is 18.9 Å². The third-order valence-electron chi connectivity index (χ3n) is 7.07. The van der Waals surface area contributed by atoms with Gasteiger partial charge in [0.1, 0.15) is 6.10 Å². The lowest BCUT2D eigenvalue weighted by Gasteiger charge is -2.27. The molecule has 2 aliphatic heterocycles. The van der Waals surface area contributed by atoms with E-state index in [-0.39, 0.29) is 59.8 Å². The SMILES string of the molecule is CC1(C)[C@H]2[C@H](OC3C[C@H]4OC(=O)C[C@H]4[C@@H]3COC(=O)c3ccccc3)OC(=O)[C@H]21. The lowest BCUT2D eigenvalue weighted by Crippen LogP contribution is -2.34. The Balaban J connectivity index is 1.28. The van der Waals surface area contributed by atoms with Crippen LogP contribution in [0.4, 0.5) is 0 Å². The van der Waals surface area contributed by atoms with E-state index in [0.717, 1.165) is 0 Å². The average Bonchev–Trinajstić information content (AvgIpc) is 2.98. The first-order chi connectivity index (χ1) is 13.9. The van der Waals surface area contributed by atoms with Crippen molar-refractivity contribution in [2.45, 2.75) is 45.2 Å². The van der Waals surface area contributed by atoms with Gasteiger partial charge in [-0.15, -0.1) is 0 Å². The Hall–Kier alpha value is -2.41. The van der Waals surface area contributed by atoms with E-state index < -0.39 is 12.3 Å². The second-order valence-corrected chi connectivity index (χ2v) is 9.06. The highest BCUT2D eigenvalue weighted by Crippen LogP contribution is 2.65. The van der Waals surface area contributed by atoms with E-state index >= 15 is 0 Å². The molecule has 0 bridgehead atoms. The lowest BCUT2D eigenvalue weighted by atomic mass is 9.93. The van der Waals surface area contributed by atoms with Crippen LogP contribution in [0.25, 0.3) is 0 Å². The smallest absolute Gasteiger partial charge is 0.338 e. The second kappa shape index (κ2) is 6.55. The normalized spacial score (nSPS) is 38.8. The maximum absolute atomic E-state index is 12.4. The second-order valence-electron chi connectivity index (χ2n) is 9.06. The van der Waals surface area contributed by atoms with Crippen LogP contribution in [-0.4, -0.2) is 43.0 Å². The zero-order valence-corrected chi connectivity index (χ0v) is 16.4. The Morgan fingerprint density at radius 2 is 1.93 bits per heavy atom. The quantitative estimate of drug-likeness (QED) is 0.554. The molecule has 0 radical (unpaired) electrons. The molecule has 5 rings (SSSR count). The monoisotopic (exact) mass is 400 g/mol. The van der Waals surface area contributed by atoms with E-state index in [1.807, 2.05) is 19.9 Å². The fraction of sp³-hybridized carbons (Fsp3) is 0.591. The van der Waals surface area contributed by atoms with Crippen LogP contribution in [-0.2, 0) is 28.5 Å². The number of ether oxygens (including phenoxy) is 4. The largest absolute Gasteiger partial charge is 0.462 e. The number of esters is 3. The number of hydrogen-bond acceptors (Lipinski definition) is 7. The molecule has 0 amide bonds. The van der Waals surface area contributed by atoms with Crippen molar-refractivity contribution in [1.29, 1.82) is 0 Å². The van der Waals surface area contributed by atoms with Gasteiger partial charge in [0, 0.05) is 24.2 Å². The topological polar surface area (TPSA) is 88.1 Å². The Kier molecular flexibility index (Phi) is 4.21. The maximum atomic E-state index is 12.4. The Morgan fingerprint density at radius 3 is 2.62 bits per heavy atom. The van der Waals surface area contributed by atoms with Crippen LogP contribution in [0.2, 0.25) is 0 Å². The highest BCUT2D eigenvalue weighted by atomic mass is 16.7. The van der Waals surface area contributed by atoms with Gasteiger partial charge >= 0.3 is 17.9 Å². The number of fused-ring (bicyclic) bond motifs is 2. The fourth-order valence-electron chi connectivity index (χ4n) is 5.36. The van der Waals surface area contributed by atoms with Crippen LogP contribution in [0, 0.1) is 29.1 Å². The summed E-state index contributed by atoms with van der Waals surface area (Å²) in [5.74, 6) is -1.15. The first-order valence-electron chi connectivity index (χ1n) is 10.1. The summed E-state index contributed by atoms with van der Waals surface area (Å²) in [4.78, 5) is 36.2. The zero-order chi connectivity index (χ0) is 20.3. The molecule has 2 saturated heterocycles. The number of hydrogen-bond donors (Lipinski definition) is 0. The number of carbonyl (C=O) groups excluding carboxylic acids is 3. The number of benzene rings is 1. The van der Waals surface area contributed by atoms with Crippen molar-refractivity contribution in [1.82, 2.24) is 0 Å². The highest BCUT2D eigenvalue weighted by molar-refractivity contribution is 5.89. The van der Waals surface area contributed by atoms with E-state index in [9.17, 15) is 14.4 Å². The van der Waals surface area contributed by atoms with Gasteiger partial charge in [-0.1, -0.05) is 32.0 Å². The first-order valence-corrected chi connectivity index (χ1v) is 10.1. The molecule has 0 aromatic heterocycles. The van der Waals surface area contributed by atoms with Crippen LogP contribution >= 0.6 is 0 Å². The summed E-state index contributed by atoms with van der Waals surface area (Å²) in [5.41, 5.74) is 0.363. The zero-order valence-electron chi connectivity index (χ0n) is 16.4. The van der Waals surface area contributed by atoms with E-state index in [0.29, 0.717) is 18.4 Å². The van der Waals surface area contributed by atoms with Crippen molar-refractivity contribution in [3.8, 4) is 0 Å². The lowest BCUT2D eigenvalue weighted by molar-refractivity contribution is -0.193. The summed E-state index contributed by atoms with van der Waals surface area (Å²) in [7, 11) is 0. The van der Waals surface area contributed by atoms with Crippen LogP contribution in [0.3, 0.4) is 0 Å². The molecular weight excluding hydrogens is 376 g/mol. The Bertz CT molecular complexity index is 848. The minimum atomic E-state index is -0.589. The molecule has 7 heteroatoms. The molecular formula is C22H24O7. The van der Waals surface area contributed by atoms with Crippen LogP contribution in [0.1, 0.15) is 37.0 Å². The standard InChI is InChI=1S/C22H24O7/c1-22(2)17-18(22)21(29-20(17)25)28-15-9-14-12(8-16(23)27-14)13(15)10-26-19(24)11-6-4-3-5-7-11/h3-7,12-15,17-18,21H,8-10H2,1-2H3/t12-,13-,14+,15?,17-,18+,21+/m0/s1. The first kappa shape index (κ1) is 18.6. The molecule has 4 aliphatic rings. The van der Waals surface area contributed by atoms with Crippen molar-refractivity contribution in [3.05, 3.63) is 35.9 Å². The predicted molar refractivity (Wildman–Crippen MR) is 98.3 cm³/mol. The number of carbonyl (C=O) groups is 3. The van der Waals surface area contributed by atoms with E-state index in [2.05, 4.69) is 0 Å². The molecule has 4 fully saturated rings. The third kappa shape index (κ3) is 3.03. The molecule has 1 aromatic rings. The van der Waals surface area contributed by atoms with Gasteiger partial charge in [0.15, 0.2) is 0 Å². The summed E-state index contributed by atoms with van der Waals surface area (Å²) in [6.07, 6.45) is -0.312. The molecule has 154 valence electrons. The van der Waals surface area contributed by atoms with Crippen molar-refractivity contribution in [3.63, 3.8) is 0 Å². The van der Waals surface area contributed by atoms with Crippen molar-refractivity contribution >= 4 is 17.9 Å². The molecule has 2 aliphatic carbocycles. The van der Waals surface area contributed by atoms with E-state index in [4.69, 9.17) is 18.9 Å². The number of rotatable bonds is 5. The van der Waals surface area contributed by atoms with E-state index in [1.54, 1.807) is 24.3 Å². The van der Waals surface area contributed by atoms with Gasteiger partial charge in [0.25, 0.3) is 0 Å². The van der Waals surface area contributed by atoms with Crippen LogP contribution < -0.4 is 0 Å². The fourth-order valence-corrected chi connectivity index (χ4v) is 5.36. The number of cyclic esters (lactones) is 1. The summed E-state index contributed by atoms with van der Waals surface area (Å²) in [6, 6.07) is 8.78. The molecule has 0 spiro atoms. The molecule has 1 aromatic carbocycles. The minimum absolute atomic E-state index is 0.0468. The van der Waals surface area contributed by atoms with E-state index in [1.165, 1.54) is 0 Å². The van der Waals surface area contributed by atoms with Gasteiger partial charge in [-0.05, 0) is 17.5 Å². The van der Waals surface area contributed by atoms with Gasteiger partial charge in [-0.3, -0.25) is 9.59 Å². The summed E-state index contributed by atoms with van der Waals surface area (Å²) in [5, 5.41) is 0. The summed E-state index contributed by atoms with van der Waals surface area (Å²) in [6.45, 7) is 4.22. The molecule has 1 unspecified atom stereocenters. The molecule has 7 atom stereocenters. The van der Waals surface area contributed by atoms with Crippen LogP contribution in [0.15, 0.2) is 30.3 Å². The Morgan fingerprint density at radius 1 is 1.17 bits per heavy atom. The summed E-state index contributed by atoms with van der Waals surface area (Å²) < 4.78 is 22.6. The maximum Gasteiger partial charge on any atom is 0.338 e.